The summed E-state index contributed by atoms with van der Waals surface area (Å²) in [5, 5.41) is 5.81. The Morgan fingerprint density at radius 2 is 2.00 bits per heavy atom. The van der Waals surface area contributed by atoms with Crippen molar-refractivity contribution in [1.82, 2.24) is 20.0 Å². The maximum Gasteiger partial charge on any atom is 0.127 e. The number of hydrogen-bond acceptors (Lipinski definition) is 5. The molecule has 0 saturated carbocycles. The van der Waals surface area contributed by atoms with Crippen LogP contribution in [0, 0.1) is 5.92 Å². The Bertz CT molecular complexity index is 1110. The molecular formula is C23H25ClN4OS. The SMILES string of the molecule is COc1ccccc1C1=CN(N2CC[C@H](C)[C@H]2c2nc3c(Cl)cccc3[nH]2)C(C)S1. The number of hydrazine groups is 1. The molecule has 2 aliphatic heterocycles. The van der Waals surface area contributed by atoms with Gasteiger partial charge in [-0.15, -0.1) is 0 Å². The number of halogens is 1. The highest BCUT2D eigenvalue weighted by Crippen LogP contribution is 2.47. The van der Waals surface area contributed by atoms with Gasteiger partial charge in [-0.05, 0) is 37.5 Å². The number of thioether (sulfide) groups is 1. The molecule has 5 rings (SSSR count). The van der Waals surface area contributed by atoms with Gasteiger partial charge >= 0.3 is 0 Å². The van der Waals surface area contributed by atoms with E-state index in [-0.39, 0.29) is 6.04 Å². The van der Waals surface area contributed by atoms with Crippen molar-refractivity contribution in [1.29, 1.82) is 0 Å². The standard InChI is InChI=1S/C23H25ClN4OS/c1-14-11-12-27(22(14)23-25-18-9-6-8-17(24)21(18)26-23)28-13-20(30-15(28)2)16-7-4-5-10-19(16)29-3/h4-10,13-15,22H,11-12H2,1-3H3,(H,25,26)/t14-,15?,22-/m0/s1. The van der Waals surface area contributed by atoms with Crippen molar-refractivity contribution in [2.45, 2.75) is 31.7 Å². The molecular weight excluding hydrogens is 416 g/mol. The molecule has 7 heteroatoms. The fraction of sp³-hybridized carbons (Fsp3) is 0.348. The number of hydrogen-bond donors (Lipinski definition) is 1. The van der Waals surface area contributed by atoms with E-state index in [1.165, 1.54) is 4.91 Å². The fourth-order valence-corrected chi connectivity index (χ4v) is 5.85. The van der Waals surface area contributed by atoms with Gasteiger partial charge in [0.05, 0.1) is 29.1 Å². The zero-order valence-corrected chi connectivity index (χ0v) is 18.9. The number of nitrogens with zero attached hydrogens (tertiary/aromatic N) is 3. The van der Waals surface area contributed by atoms with Crippen LogP contribution < -0.4 is 4.74 Å². The third-order valence-electron chi connectivity index (χ3n) is 6.02. The van der Waals surface area contributed by atoms with Crippen molar-refractivity contribution in [2.75, 3.05) is 13.7 Å². The average molecular weight is 441 g/mol. The monoisotopic (exact) mass is 440 g/mol. The van der Waals surface area contributed by atoms with Crippen LogP contribution in [0.5, 0.6) is 5.75 Å². The van der Waals surface area contributed by atoms with Crippen molar-refractivity contribution < 1.29 is 4.74 Å². The van der Waals surface area contributed by atoms with Gasteiger partial charge in [0.25, 0.3) is 0 Å². The summed E-state index contributed by atoms with van der Waals surface area (Å²) in [7, 11) is 1.73. The lowest BCUT2D eigenvalue weighted by molar-refractivity contribution is -0.00509. The summed E-state index contributed by atoms with van der Waals surface area (Å²) in [6, 6.07) is 14.3. The summed E-state index contributed by atoms with van der Waals surface area (Å²) in [4.78, 5) is 9.65. The van der Waals surface area contributed by atoms with Crippen LogP contribution in [0.25, 0.3) is 15.9 Å². The molecule has 0 bridgehead atoms. The molecule has 1 N–H and O–H groups in total. The first-order chi connectivity index (χ1) is 14.6. The Morgan fingerprint density at radius 3 is 2.80 bits per heavy atom. The fourth-order valence-electron chi connectivity index (χ4n) is 4.51. The number of imidazole rings is 1. The minimum Gasteiger partial charge on any atom is -0.496 e. The van der Waals surface area contributed by atoms with Crippen LogP contribution >= 0.6 is 23.4 Å². The number of benzene rings is 2. The highest BCUT2D eigenvalue weighted by atomic mass is 35.5. The van der Waals surface area contributed by atoms with E-state index >= 15 is 0 Å². The Hall–Kier alpha value is -2.15. The minimum absolute atomic E-state index is 0.185. The second-order valence-corrected chi connectivity index (χ2v) is 9.69. The van der Waals surface area contributed by atoms with Gasteiger partial charge in [0.15, 0.2) is 0 Å². The number of ether oxygens (including phenoxy) is 1. The maximum absolute atomic E-state index is 6.38. The lowest BCUT2D eigenvalue weighted by Crippen LogP contribution is -2.41. The Morgan fingerprint density at radius 1 is 1.17 bits per heavy atom. The Balaban J connectivity index is 1.50. The molecule has 0 spiro atoms. The number of aromatic amines is 1. The van der Waals surface area contributed by atoms with Crippen LogP contribution in [0.1, 0.15) is 37.7 Å². The lowest BCUT2D eigenvalue weighted by Gasteiger charge is -2.36. The van der Waals surface area contributed by atoms with Gasteiger partial charge in [0, 0.05) is 23.2 Å². The zero-order valence-electron chi connectivity index (χ0n) is 17.3. The molecule has 156 valence electrons. The molecule has 0 radical (unpaired) electrons. The largest absolute Gasteiger partial charge is 0.496 e. The van der Waals surface area contributed by atoms with Crippen LogP contribution in [0.2, 0.25) is 5.02 Å². The first-order valence-electron chi connectivity index (χ1n) is 10.3. The number of methoxy groups -OCH3 is 1. The number of nitrogens with one attached hydrogen (secondary N) is 1. The molecule has 1 unspecified atom stereocenters. The van der Waals surface area contributed by atoms with Gasteiger partial charge in [0.2, 0.25) is 0 Å². The topological polar surface area (TPSA) is 44.4 Å². The number of aromatic nitrogens is 2. The van der Waals surface area contributed by atoms with Crippen molar-refractivity contribution >= 4 is 39.3 Å². The van der Waals surface area contributed by atoms with E-state index in [2.05, 4.69) is 47.2 Å². The molecule has 2 aliphatic rings. The number of H-pyrrole nitrogens is 1. The van der Waals surface area contributed by atoms with Crippen LogP contribution in [-0.4, -0.2) is 39.0 Å². The molecule has 5 nitrogen and oxygen atoms in total. The van der Waals surface area contributed by atoms with Gasteiger partial charge in [-0.2, -0.15) is 0 Å². The maximum atomic E-state index is 6.38. The second-order valence-electron chi connectivity index (χ2n) is 7.92. The lowest BCUT2D eigenvalue weighted by atomic mass is 10.0. The van der Waals surface area contributed by atoms with Crippen molar-refractivity contribution in [3.8, 4) is 5.75 Å². The number of para-hydroxylation sites is 2. The molecule has 3 atom stereocenters. The normalized spacial score (nSPS) is 24.6. The predicted octanol–water partition coefficient (Wildman–Crippen LogP) is 5.92. The summed E-state index contributed by atoms with van der Waals surface area (Å²) >= 11 is 8.25. The van der Waals surface area contributed by atoms with Crippen molar-refractivity contribution in [3.63, 3.8) is 0 Å². The zero-order chi connectivity index (χ0) is 20.8. The molecule has 3 heterocycles. The molecule has 3 aromatic rings. The third kappa shape index (κ3) is 3.27. The minimum atomic E-state index is 0.185. The van der Waals surface area contributed by atoms with Gasteiger partial charge < -0.3 is 9.72 Å². The van der Waals surface area contributed by atoms with Crippen LogP contribution in [0.4, 0.5) is 0 Å². The van der Waals surface area contributed by atoms with Crippen molar-refractivity contribution in [2.24, 2.45) is 5.92 Å². The Kier molecular flexibility index (Phi) is 5.17. The van der Waals surface area contributed by atoms with E-state index in [9.17, 15) is 0 Å². The van der Waals surface area contributed by atoms with E-state index < -0.39 is 0 Å². The number of fused-ring (bicyclic) bond motifs is 1. The molecule has 30 heavy (non-hydrogen) atoms. The highest BCUT2D eigenvalue weighted by Gasteiger charge is 2.41. The first-order valence-corrected chi connectivity index (χ1v) is 11.5. The molecule has 2 aromatic carbocycles. The smallest absolute Gasteiger partial charge is 0.127 e. The highest BCUT2D eigenvalue weighted by molar-refractivity contribution is 8.09. The van der Waals surface area contributed by atoms with Gasteiger partial charge in [-0.25, -0.2) is 9.99 Å². The molecule has 1 saturated heterocycles. The summed E-state index contributed by atoms with van der Waals surface area (Å²) in [5.74, 6) is 2.38. The molecule has 1 aromatic heterocycles. The molecule has 0 amide bonds. The summed E-state index contributed by atoms with van der Waals surface area (Å²) < 4.78 is 5.59. The average Bonchev–Trinajstić information content (AvgIpc) is 3.44. The Labute approximate surface area is 186 Å². The van der Waals surface area contributed by atoms with E-state index in [0.717, 1.165) is 41.1 Å². The van der Waals surface area contributed by atoms with E-state index in [0.29, 0.717) is 16.3 Å². The first kappa shape index (κ1) is 19.8. The van der Waals surface area contributed by atoms with E-state index in [1.807, 2.05) is 42.1 Å². The van der Waals surface area contributed by atoms with Gasteiger partial charge in [-0.3, -0.25) is 5.01 Å². The van der Waals surface area contributed by atoms with Crippen LogP contribution in [0.3, 0.4) is 0 Å². The summed E-state index contributed by atoms with van der Waals surface area (Å²) in [5.41, 5.74) is 2.98. The molecule has 0 aliphatic carbocycles. The van der Waals surface area contributed by atoms with E-state index in [1.54, 1.807) is 7.11 Å². The number of rotatable bonds is 4. The quantitative estimate of drug-likeness (QED) is 0.545. The van der Waals surface area contributed by atoms with Gasteiger partial charge in [-0.1, -0.05) is 54.6 Å². The predicted molar refractivity (Wildman–Crippen MR) is 124 cm³/mol. The van der Waals surface area contributed by atoms with Crippen molar-refractivity contribution in [3.05, 3.63) is 65.1 Å². The summed E-state index contributed by atoms with van der Waals surface area (Å²) in [6.07, 6.45) is 3.38. The van der Waals surface area contributed by atoms with E-state index in [4.69, 9.17) is 21.3 Å². The summed E-state index contributed by atoms with van der Waals surface area (Å²) in [6.45, 7) is 5.55. The van der Waals surface area contributed by atoms with Gasteiger partial charge in [0.1, 0.15) is 17.1 Å². The van der Waals surface area contributed by atoms with Crippen LogP contribution in [-0.2, 0) is 0 Å². The third-order valence-corrected chi connectivity index (χ3v) is 7.47. The van der Waals surface area contributed by atoms with Crippen LogP contribution in [0.15, 0.2) is 48.7 Å². The molecule has 1 fully saturated rings. The second kappa shape index (κ2) is 7.84.